The molecule has 0 amide bonds. The van der Waals surface area contributed by atoms with Gasteiger partial charge in [0.15, 0.2) is 15.8 Å². The minimum absolute atomic E-state index is 0.0103. The van der Waals surface area contributed by atoms with Crippen LogP contribution < -0.4 is 5.32 Å². The summed E-state index contributed by atoms with van der Waals surface area (Å²) in [6.45, 7) is 7.08. The summed E-state index contributed by atoms with van der Waals surface area (Å²) in [5.41, 5.74) is 1.10. The van der Waals surface area contributed by atoms with Gasteiger partial charge in [0, 0.05) is 27.7 Å². The Morgan fingerprint density at radius 2 is 1.89 bits per heavy atom. The van der Waals surface area contributed by atoms with Gasteiger partial charge in [-0.15, -0.1) is 0 Å². The first-order valence-corrected chi connectivity index (χ1v) is 10.8. The summed E-state index contributed by atoms with van der Waals surface area (Å²) in [5.74, 6) is 1.37. The van der Waals surface area contributed by atoms with E-state index in [0.717, 1.165) is 11.4 Å². The molecule has 0 spiro atoms. The number of sulfone groups is 1. The molecule has 0 saturated carbocycles. The van der Waals surface area contributed by atoms with Crippen molar-refractivity contribution in [2.45, 2.75) is 37.6 Å². The van der Waals surface area contributed by atoms with Crippen molar-refractivity contribution in [1.82, 2.24) is 25.0 Å². The quantitative estimate of drug-likeness (QED) is 0.579. The second-order valence-corrected chi connectivity index (χ2v) is 9.83. The minimum atomic E-state index is -3.37. The normalized spacial score (nSPS) is 12.9. The molecule has 0 aliphatic heterocycles. The lowest BCUT2D eigenvalue weighted by Gasteiger charge is -2.21. The van der Waals surface area contributed by atoms with Crippen LogP contribution in [0.2, 0.25) is 0 Å². The van der Waals surface area contributed by atoms with Crippen molar-refractivity contribution >= 4 is 15.8 Å². The van der Waals surface area contributed by atoms with Gasteiger partial charge in [0.2, 0.25) is 0 Å². The van der Waals surface area contributed by atoms with Crippen LogP contribution in [-0.4, -0.2) is 60.4 Å². The van der Waals surface area contributed by atoms with Crippen LogP contribution in [0, 0.1) is 0 Å². The van der Waals surface area contributed by atoms with Crippen molar-refractivity contribution in [2.24, 2.45) is 12.0 Å². The molecule has 1 N–H and O–H groups in total. The third kappa shape index (κ3) is 5.54. The third-order valence-corrected chi connectivity index (χ3v) is 6.22. The maximum atomic E-state index is 12.6. The molecule has 0 radical (unpaired) electrons. The van der Waals surface area contributed by atoms with Gasteiger partial charge < -0.3 is 10.2 Å². The van der Waals surface area contributed by atoms with Gasteiger partial charge in [0.1, 0.15) is 12.2 Å². The zero-order valence-corrected chi connectivity index (χ0v) is 18.3. The molecular formula is C19H30N6O2S. The first kappa shape index (κ1) is 21.9. The fourth-order valence-corrected chi connectivity index (χ4v) is 3.87. The van der Waals surface area contributed by atoms with Crippen molar-refractivity contribution in [3.8, 4) is 0 Å². The number of aromatic nitrogens is 3. The van der Waals surface area contributed by atoms with Gasteiger partial charge in [-0.2, -0.15) is 5.10 Å². The molecule has 8 nitrogen and oxygen atoms in total. The molecule has 0 atom stereocenters. The van der Waals surface area contributed by atoms with E-state index in [-0.39, 0.29) is 17.7 Å². The van der Waals surface area contributed by atoms with E-state index in [1.807, 2.05) is 31.1 Å². The third-order valence-electron chi connectivity index (χ3n) is 4.49. The molecule has 1 heterocycles. The minimum Gasteiger partial charge on any atom is -0.355 e. The molecule has 1 aromatic heterocycles. The average Bonchev–Trinajstić information content (AvgIpc) is 3.02. The maximum absolute atomic E-state index is 12.6. The molecule has 0 bridgehead atoms. The van der Waals surface area contributed by atoms with E-state index in [2.05, 4.69) is 41.2 Å². The molecule has 154 valence electrons. The Morgan fingerprint density at radius 3 is 2.39 bits per heavy atom. The zero-order chi connectivity index (χ0) is 20.9. The van der Waals surface area contributed by atoms with Crippen LogP contribution in [-0.2, 0) is 28.8 Å². The average molecular weight is 407 g/mol. The van der Waals surface area contributed by atoms with Crippen LogP contribution in [0.3, 0.4) is 0 Å². The summed E-state index contributed by atoms with van der Waals surface area (Å²) in [4.78, 5) is 10.6. The lowest BCUT2D eigenvalue weighted by molar-refractivity contribution is 0.450. The van der Waals surface area contributed by atoms with E-state index >= 15 is 0 Å². The molecule has 1 aromatic carbocycles. The van der Waals surface area contributed by atoms with Crippen molar-refractivity contribution in [2.75, 3.05) is 26.4 Å². The number of hydrogen-bond donors (Lipinski definition) is 1. The topological polar surface area (TPSA) is 92.5 Å². The summed E-state index contributed by atoms with van der Waals surface area (Å²) in [5, 5.41) is 7.15. The van der Waals surface area contributed by atoms with Crippen LogP contribution in [0.4, 0.5) is 0 Å². The Balaban J connectivity index is 1.95. The Hall–Kier alpha value is -2.42. The number of hydrogen-bond acceptors (Lipinski definition) is 5. The fourth-order valence-electron chi connectivity index (χ4n) is 2.71. The van der Waals surface area contributed by atoms with Crippen molar-refractivity contribution in [1.29, 1.82) is 0 Å². The van der Waals surface area contributed by atoms with Gasteiger partial charge in [-0.3, -0.25) is 9.67 Å². The van der Waals surface area contributed by atoms with Gasteiger partial charge in [-0.25, -0.2) is 13.4 Å². The molecule has 0 fully saturated rings. The molecule has 2 rings (SSSR count). The monoisotopic (exact) mass is 406 g/mol. The van der Waals surface area contributed by atoms with E-state index in [4.69, 9.17) is 0 Å². The van der Waals surface area contributed by atoms with E-state index in [9.17, 15) is 8.42 Å². The predicted octanol–water partition coefficient (Wildman–Crippen LogP) is 1.59. The van der Waals surface area contributed by atoms with E-state index in [0.29, 0.717) is 17.4 Å². The molecule has 0 unspecified atom stereocenters. The van der Waals surface area contributed by atoms with Crippen molar-refractivity contribution in [3.05, 3.63) is 42.0 Å². The summed E-state index contributed by atoms with van der Waals surface area (Å²) in [6, 6.07) is 7.14. The number of nitrogens with zero attached hydrogens (tertiary/aromatic N) is 5. The van der Waals surface area contributed by atoms with E-state index in [1.165, 1.54) is 6.33 Å². The lowest BCUT2D eigenvalue weighted by Crippen LogP contribution is -2.40. The molecular weight excluding hydrogens is 376 g/mol. The van der Waals surface area contributed by atoms with Crippen LogP contribution in [0.1, 0.15) is 32.2 Å². The Bertz CT molecular complexity index is 911. The molecule has 0 aliphatic rings. The molecule has 2 aromatic rings. The van der Waals surface area contributed by atoms with Crippen LogP contribution in [0.15, 0.2) is 40.5 Å². The first-order valence-electron chi connectivity index (χ1n) is 9.12. The highest BCUT2D eigenvalue weighted by atomic mass is 32.2. The van der Waals surface area contributed by atoms with Crippen LogP contribution >= 0.6 is 0 Å². The lowest BCUT2D eigenvalue weighted by atomic mass is 9.87. The van der Waals surface area contributed by atoms with Gasteiger partial charge in [-0.1, -0.05) is 32.9 Å². The van der Waals surface area contributed by atoms with Crippen molar-refractivity contribution < 1.29 is 8.42 Å². The summed E-state index contributed by atoms with van der Waals surface area (Å²) in [6.07, 6.45) is 1.50. The smallest absolute Gasteiger partial charge is 0.193 e. The summed E-state index contributed by atoms with van der Waals surface area (Å²) in [7, 11) is 1.98. The van der Waals surface area contributed by atoms with Crippen LogP contribution in [0.25, 0.3) is 0 Å². The number of aryl methyl sites for hydroxylation is 1. The highest BCUT2D eigenvalue weighted by Gasteiger charge is 2.18. The summed E-state index contributed by atoms with van der Waals surface area (Å²) < 4.78 is 26.9. The molecule has 28 heavy (non-hydrogen) atoms. The number of guanidine groups is 1. The Kier molecular flexibility index (Phi) is 6.82. The number of aliphatic imine (C=N–C) groups is 1. The van der Waals surface area contributed by atoms with E-state index in [1.54, 1.807) is 23.9 Å². The standard InChI is InChI=1S/C19H30N6O2S/c1-19(2,3)15-7-9-16(10-8-15)28(26,27)12-11-21-18(20-4)24(5)13-17-22-14-23-25(17)6/h7-10,14H,11-13H2,1-6H3,(H,20,21). The largest absolute Gasteiger partial charge is 0.355 e. The zero-order valence-electron chi connectivity index (χ0n) is 17.5. The number of rotatable bonds is 6. The molecule has 0 saturated heterocycles. The SMILES string of the molecule is CN=C(NCCS(=O)(=O)c1ccc(C(C)(C)C)cc1)N(C)Cc1ncnn1C. The predicted molar refractivity (Wildman–Crippen MR) is 111 cm³/mol. The maximum Gasteiger partial charge on any atom is 0.193 e. The second kappa shape index (κ2) is 8.72. The Labute approximate surface area is 167 Å². The van der Waals surface area contributed by atoms with Gasteiger partial charge >= 0.3 is 0 Å². The molecule has 0 aliphatic carbocycles. The Morgan fingerprint density at radius 1 is 1.25 bits per heavy atom. The van der Waals surface area contributed by atoms with Gasteiger partial charge in [0.05, 0.1) is 17.2 Å². The number of benzene rings is 1. The summed E-state index contributed by atoms with van der Waals surface area (Å²) >= 11 is 0. The first-order chi connectivity index (χ1) is 13.0. The number of nitrogens with one attached hydrogen (secondary N) is 1. The molecule has 9 heteroatoms. The highest BCUT2D eigenvalue weighted by molar-refractivity contribution is 7.91. The highest BCUT2D eigenvalue weighted by Crippen LogP contribution is 2.23. The van der Waals surface area contributed by atoms with Gasteiger partial charge in [-0.05, 0) is 23.1 Å². The van der Waals surface area contributed by atoms with E-state index < -0.39 is 9.84 Å². The van der Waals surface area contributed by atoms with Crippen molar-refractivity contribution in [3.63, 3.8) is 0 Å². The van der Waals surface area contributed by atoms with Crippen LogP contribution in [0.5, 0.6) is 0 Å². The second-order valence-electron chi connectivity index (χ2n) is 7.72. The van der Waals surface area contributed by atoms with Gasteiger partial charge in [0.25, 0.3) is 0 Å². The fraction of sp³-hybridized carbons (Fsp3) is 0.526.